The molecular weight excluding hydrogens is 218 g/mol. The number of unbranched alkanes of at least 4 members (excludes halogenated alkanes) is 2. The normalized spacial score (nSPS) is 10.5. The van der Waals surface area contributed by atoms with Gasteiger partial charge in [0.15, 0.2) is 0 Å². The molecule has 0 atom stereocenters. The Balaban J connectivity index is 0. The van der Waals surface area contributed by atoms with Crippen LogP contribution in [0.4, 0.5) is 0 Å². The molecule has 0 radical (unpaired) electrons. The molecule has 0 rings (SSSR count). The number of aliphatic carboxylic acids is 1. The van der Waals surface area contributed by atoms with Crippen molar-refractivity contribution in [3.8, 4) is 0 Å². The molecular formula is C10H20ClNO3. The molecule has 15 heavy (non-hydrogen) atoms. The number of carbonyl (C=O) groups excluding carboxylic acids is 1. The van der Waals surface area contributed by atoms with E-state index in [-0.39, 0.29) is 18.3 Å². The molecule has 0 saturated heterocycles. The van der Waals surface area contributed by atoms with Crippen molar-refractivity contribution in [1.29, 1.82) is 0 Å². The van der Waals surface area contributed by atoms with Gasteiger partial charge in [0.2, 0.25) is 5.91 Å². The van der Waals surface area contributed by atoms with Gasteiger partial charge in [-0.15, -0.1) is 12.4 Å². The first kappa shape index (κ1) is 16.7. The monoisotopic (exact) mass is 237 g/mol. The van der Waals surface area contributed by atoms with Crippen molar-refractivity contribution in [2.75, 3.05) is 0 Å². The fraction of sp³-hybridized carbons (Fsp3) is 0.800. The standard InChI is InChI=1S/C10H19NO3.ClH/c1-10(2,9(13)14)7-5-3-4-6-8(11)12;/h3-7H2,1-2H3,(H2,11,12)(H,13,14);1H. The van der Waals surface area contributed by atoms with Gasteiger partial charge in [-0.05, 0) is 26.7 Å². The Morgan fingerprint density at radius 2 is 1.73 bits per heavy atom. The summed E-state index contributed by atoms with van der Waals surface area (Å²) in [6.07, 6.45) is 3.48. The van der Waals surface area contributed by atoms with Crippen LogP contribution in [-0.4, -0.2) is 17.0 Å². The molecule has 0 saturated carbocycles. The molecule has 0 aromatic rings. The topological polar surface area (TPSA) is 80.4 Å². The highest BCUT2D eigenvalue weighted by molar-refractivity contribution is 5.85. The summed E-state index contributed by atoms with van der Waals surface area (Å²) in [4.78, 5) is 21.1. The Kier molecular flexibility index (Phi) is 8.34. The molecule has 0 aromatic carbocycles. The summed E-state index contributed by atoms with van der Waals surface area (Å²) >= 11 is 0. The van der Waals surface area contributed by atoms with Crippen LogP contribution in [0.2, 0.25) is 0 Å². The second-order valence-corrected chi connectivity index (χ2v) is 4.22. The maximum atomic E-state index is 10.7. The van der Waals surface area contributed by atoms with Gasteiger partial charge in [-0.25, -0.2) is 0 Å². The van der Waals surface area contributed by atoms with Crippen LogP contribution in [0.3, 0.4) is 0 Å². The van der Waals surface area contributed by atoms with Crippen LogP contribution in [0.1, 0.15) is 46.0 Å². The van der Waals surface area contributed by atoms with Gasteiger partial charge >= 0.3 is 5.97 Å². The number of carboxylic acids is 1. The highest BCUT2D eigenvalue weighted by Gasteiger charge is 2.25. The number of hydrogen-bond acceptors (Lipinski definition) is 2. The van der Waals surface area contributed by atoms with Gasteiger partial charge in [0.25, 0.3) is 0 Å². The molecule has 3 N–H and O–H groups in total. The number of rotatable bonds is 7. The zero-order valence-corrected chi connectivity index (χ0v) is 10.1. The van der Waals surface area contributed by atoms with E-state index in [2.05, 4.69) is 0 Å². The molecule has 0 fully saturated rings. The molecule has 0 spiro atoms. The molecule has 0 unspecified atom stereocenters. The van der Waals surface area contributed by atoms with Crippen LogP contribution in [0, 0.1) is 5.41 Å². The molecule has 0 aliphatic carbocycles. The Morgan fingerprint density at radius 1 is 1.20 bits per heavy atom. The van der Waals surface area contributed by atoms with E-state index in [0.717, 1.165) is 19.3 Å². The van der Waals surface area contributed by atoms with Gasteiger partial charge in [0.05, 0.1) is 5.41 Å². The van der Waals surface area contributed by atoms with Crippen molar-refractivity contribution in [3.05, 3.63) is 0 Å². The fourth-order valence-electron chi connectivity index (χ4n) is 1.15. The summed E-state index contributed by atoms with van der Waals surface area (Å²) in [5.41, 5.74) is 4.32. The minimum absolute atomic E-state index is 0. The highest BCUT2D eigenvalue weighted by atomic mass is 35.5. The second kappa shape index (κ2) is 7.51. The van der Waals surface area contributed by atoms with Crippen LogP contribution in [0.15, 0.2) is 0 Å². The number of halogens is 1. The third-order valence-electron chi connectivity index (χ3n) is 2.30. The van der Waals surface area contributed by atoms with Gasteiger partial charge in [0.1, 0.15) is 0 Å². The third-order valence-corrected chi connectivity index (χ3v) is 2.30. The third kappa shape index (κ3) is 8.24. The lowest BCUT2D eigenvalue weighted by Crippen LogP contribution is -2.23. The number of primary amides is 1. The average Bonchev–Trinajstić information content (AvgIpc) is 2.02. The molecule has 0 aromatic heterocycles. The highest BCUT2D eigenvalue weighted by Crippen LogP contribution is 2.23. The number of nitrogens with two attached hydrogens (primary N) is 1. The van der Waals surface area contributed by atoms with Crippen LogP contribution in [-0.2, 0) is 9.59 Å². The fourth-order valence-corrected chi connectivity index (χ4v) is 1.15. The lowest BCUT2D eigenvalue weighted by Gasteiger charge is -2.18. The van der Waals surface area contributed by atoms with Crippen molar-refractivity contribution in [2.45, 2.75) is 46.0 Å². The summed E-state index contributed by atoms with van der Waals surface area (Å²) < 4.78 is 0. The minimum atomic E-state index is -0.771. The Labute approximate surface area is 96.6 Å². The molecule has 5 heteroatoms. The van der Waals surface area contributed by atoms with Crippen molar-refractivity contribution in [3.63, 3.8) is 0 Å². The van der Waals surface area contributed by atoms with E-state index in [1.165, 1.54) is 0 Å². The largest absolute Gasteiger partial charge is 0.481 e. The van der Waals surface area contributed by atoms with Crippen molar-refractivity contribution in [1.82, 2.24) is 0 Å². The first-order valence-electron chi connectivity index (χ1n) is 4.88. The van der Waals surface area contributed by atoms with Crippen molar-refractivity contribution >= 4 is 24.3 Å². The van der Waals surface area contributed by atoms with E-state index < -0.39 is 11.4 Å². The first-order valence-corrected chi connectivity index (χ1v) is 4.88. The molecule has 0 bridgehead atoms. The van der Waals surface area contributed by atoms with Crippen molar-refractivity contribution in [2.24, 2.45) is 11.1 Å². The van der Waals surface area contributed by atoms with Gasteiger partial charge < -0.3 is 10.8 Å². The van der Waals surface area contributed by atoms with Crippen LogP contribution in [0.5, 0.6) is 0 Å². The van der Waals surface area contributed by atoms with Crippen LogP contribution < -0.4 is 5.73 Å². The van der Waals surface area contributed by atoms with Gasteiger partial charge in [-0.1, -0.05) is 12.8 Å². The summed E-state index contributed by atoms with van der Waals surface area (Å²) in [5.74, 6) is -1.06. The molecule has 0 aliphatic rings. The molecule has 0 aliphatic heterocycles. The van der Waals surface area contributed by atoms with E-state index in [0.29, 0.717) is 12.8 Å². The van der Waals surface area contributed by atoms with E-state index in [4.69, 9.17) is 10.8 Å². The van der Waals surface area contributed by atoms with Gasteiger partial charge in [-0.3, -0.25) is 9.59 Å². The van der Waals surface area contributed by atoms with E-state index in [1.807, 2.05) is 0 Å². The van der Waals surface area contributed by atoms with E-state index >= 15 is 0 Å². The summed E-state index contributed by atoms with van der Waals surface area (Å²) in [5, 5.41) is 8.81. The maximum absolute atomic E-state index is 10.7. The quantitative estimate of drug-likeness (QED) is 0.664. The minimum Gasteiger partial charge on any atom is -0.481 e. The zero-order valence-electron chi connectivity index (χ0n) is 9.28. The maximum Gasteiger partial charge on any atom is 0.309 e. The van der Waals surface area contributed by atoms with E-state index in [9.17, 15) is 9.59 Å². The Bertz CT molecular complexity index is 217. The zero-order chi connectivity index (χ0) is 11.2. The van der Waals surface area contributed by atoms with Crippen LogP contribution in [0.25, 0.3) is 0 Å². The molecule has 0 heterocycles. The van der Waals surface area contributed by atoms with Crippen LogP contribution >= 0.6 is 12.4 Å². The lowest BCUT2D eigenvalue weighted by molar-refractivity contribution is -0.147. The Hall–Kier alpha value is -0.770. The van der Waals surface area contributed by atoms with Crippen molar-refractivity contribution < 1.29 is 14.7 Å². The predicted molar refractivity (Wildman–Crippen MR) is 60.9 cm³/mol. The molecule has 4 nitrogen and oxygen atoms in total. The Morgan fingerprint density at radius 3 is 2.13 bits per heavy atom. The average molecular weight is 238 g/mol. The summed E-state index contributed by atoms with van der Waals surface area (Å²) in [6, 6.07) is 0. The summed E-state index contributed by atoms with van der Waals surface area (Å²) in [7, 11) is 0. The predicted octanol–water partition coefficient (Wildman–Crippen LogP) is 1.95. The smallest absolute Gasteiger partial charge is 0.309 e. The summed E-state index contributed by atoms with van der Waals surface area (Å²) in [6.45, 7) is 3.42. The van der Waals surface area contributed by atoms with Gasteiger partial charge in [0, 0.05) is 6.42 Å². The molecule has 90 valence electrons. The number of carboxylic acid groups (broad SMARTS) is 1. The number of amides is 1. The lowest BCUT2D eigenvalue weighted by atomic mass is 9.87. The second-order valence-electron chi connectivity index (χ2n) is 4.22. The molecule has 1 amide bonds. The number of hydrogen-bond donors (Lipinski definition) is 2. The SMILES string of the molecule is CC(C)(CCCCCC(N)=O)C(=O)O.Cl. The van der Waals surface area contributed by atoms with E-state index in [1.54, 1.807) is 13.8 Å². The first-order chi connectivity index (χ1) is 6.36. The van der Waals surface area contributed by atoms with Gasteiger partial charge in [-0.2, -0.15) is 0 Å². The number of carbonyl (C=O) groups is 2.